The van der Waals surface area contributed by atoms with Gasteiger partial charge >= 0.3 is 5.97 Å². The molecule has 0 fully saturated rings. The molecule has 3 rings (SSSR count). The average molecular weight is 286 g/mol. The molecule has 0 N–H and O–H groups in total. The molecule has 0 bridgehead atoms. The van der Waals surface area contributed by atoms with Crippen LogP contribution in [-0.4, -0.2) is 15.5 Å². The topological polar surface area (TPSA) is 44.1 Å². The molecule has 3 aromatic rings. The molecular weight excluding hydrogens is 272 g/mol. The van der Waals surface area contributed by atoms with Crippen molar-refractivity contribution in [3.8, 4) is 0 Å². The van der Waals surface area contributed by atoms with E-state index in [1.807, 2.05) is 50.5 Å². The minimum atomic E-state index is -0.352. The largest absolute Gasteiger partial charge is 0.451 e. The summed E-state index contributed by atoms with van der Waals surface area (Å²) in [5, 5.41) is 0.814. The monoisotopic (exact) mass is 286 g/mol. The van der Waals surface area contributed by atoms with Gasteiger partial charge in [-0.1, -0.05) is 12.1 Å². The molecule has 20 heavy (non-hydrogen) atoms. The molecule has 0 saturated heterocycles. The third-order valence-corrected chi connectivity index (χ3v) is 4.29. The van der Waals surface area contributed by atoms with Crippen molar-refractivity contribution in [3.05, 3.63) is 53.3 Å². The predicted molar refractivity (Wildman–Crippen MR) is 78.9 cm³/mol. The number of hydrogen-bond donors (Lipinski definition) is 0. The van der Waals surface area contributed by atoms with Gasteiger partial charge in [0.15, 0.2) is 6.10 Å². The molecule has 5 heteroatoms. The van der Waals surface area contributed by atoms with Crippen LogP contribution in [0, 0.1) is 0 Å². The SMILES string of the molecule is CC(OC(=O)c1cccn1C)c1nc2ccccc2s1. The van der Waals surface area contributed by atoms with Gasteiger partial charge in [-0.05, 0) is 31.2 Å². The van der Waals surface area contributed by atoms with Crippen molar-refractivity contribution in [2.75, 3.05) is 0 Å². The Balaban J connectivity index is 1.80. The van der Waals surface area contributed by atoms with Crippen molar-refractivity contribution in [1.82, 2.24) is 9.55 Å². The fourth-order valence-electron chi connectivity index (χ4n) is 2.01. The number of carbonyl (C=O) groups is 1. The van der Waals surface area contributed by atoms with Crippen LogP contribution in [0.25, 0.3) is 10.2 Å². The highest BCUT2D eigenvalue weighted by molar-refractivity contribution is 7.18. The number of rotatable bonds is 3. The Morgan fingerprint density at radius 1 is 1.30 bits per heavy atom. The minimum Gasteiger partial charge on any atom is -0.451 e. The molecule has 1 atom stereocenters. The van der Waals surface area contributed by atoms with E-state index in [4.69, 9.17) is 4.74 Å². The molecule has 0 saturated carbocycles. The predicted octanol–water partition coefficient (Wildman–Crippen LogP) is 3.55. The second kappa shape index (κ2) is 5.09. The maximum atomic E-state index is 12.1. The zero-order chi connectivity index (χ0) is 14.1. The first-order chi connectivity index (χ1) is 9.65. The van der Waals surface area contributed by atoms with Crippen molar-refractivity contribution < 1.29 is 9.53 Å². The van der Waals surface area contributed by atoms with Gasteiger partial charge in [-0.25, -0.2) is 9.78 Å². The highest BCUT2D eigenvalue weighted by Crippen LogP contribution is 2.28. The highest BCUT2D eigenvalue weighted by atomic mass is 32.1. The Labute approximate surface area is 120 Å². The summed E-state index contributed by atoms with van der Waals surface area (Å²) in [5.74, 6) is -0.329. The molecule has 0 aliphatic heterocycles. The van der Waals surface area contributed by atoms with Gasteiger partial charge in [0, 0.05) is 13.2 Å². The number of aromatic nitrogens is 2. The Kier molecular flexibility index (Phi) is 3.28. The quantitative estimate of drug-likeness (QED) is 0.692. The molecule has 0 radical (unpaired) electrons. The van der Waals surface area contributed by atoms with Crippen LogP contribution in [0.4, 0.5) is 0 Å². The molecule has 0 aliphatic carbocycles. The van der Waals surface area contributed by atoms with E-state index in [9.17, 15) is 4.79 Å². The maximum Gasteiger partial charge on any atom is 0.355 e. The number of thiazole rings is 1. The lowest BCUT2D eigenvalue weighted by atomic mass is 10.3. The van der Waals surface area contributed by atoms with Crippen molar-refractivity contribution in [1.29, 1.82) is 0 Å². The summed E-state index contributed by atoms with van der Waals surface area (Å²) in [6, 6.07) is 11.5. The molecule has 4 nitrogen and oxygen atoms in total. The Hall–Kier alpha value is -2.14. The van der Waals surface area contributed by atoms with Gasteiger partial charge in [0.1, 0.15) is 10.7 Å². The number of aryl methyl sites for hydroxylation is 1. The molecule has 0 spiro atoms. The molecule has 1 unspecified atom stereocenters. The van der Waals surface area contributed by atoms with Crippen LogP contribution in [0.5, 0.6) is 0 Å². The second-order valence-corrected chi connectivity index (χ2v) is 5.63. The number of carbonyl (C=O) groups excluding carboxylic acids is 1. The number of esters is 1. The first-order valence-corrected chi connectivity index (χ1v) is 7.14. The molecule has 102 valence electrons. The number of hydrogen-bond acceptors (Lipinski definition) is 4. The van der Waals surface area contributed by atoms with Gasteiger partial charge in [-0.3, -0.25) is 0 Å². The van der Waals surface area contributed by atoms with Gasteiger partial charge in [-0.2, -0.15) is 0 Å². The standard InChI is InChI=1S/C15H14N2O2S/c1-10(19-15(18)12-7-5-9-17(12)2)14-16-11-6-3-4-8-13(11)20-14/h3-10H,1-2H3. The van der Waals surface area contributed by atoms with Crippen molar-refractivity contribution in [3.63, 3.8) is 0 Å². The molecule has 2 heterocycles. The fraction of sp³-hybridized carbons (Fsp3) is 0.200. The molecule has 0 aliphatic rings. The number of ether oxygens (including phenoxy) is 1. The third-order valence-electron chi connectivity index (χ3n) is 3.09. The van der Waals surface area contributed by atoms with Gasteiger partial charge in [-0.15, -0.1) is 11.3 Å². The van der Waals surface area contributed by atoms with Gasteiger partial charge in [0.2, 0.25) is 0 Å². The van der Waals surface area contributed by atoms with E-state index in [0.717, 1.165) is 15.2 Å². The van der Waals surface area contributed by atoms with Gasteiger partial charge < -0.3 is 9.30 Å². The lowest BCUT2D eigenvalue weighted by Gasteiger charge is -2.10. The number of para-hydroxylation sites is 1. The van der Waals surface area contributed by atoms with E-state index in [1.165, 1.54) is 0 Å². The first-order valence-electron chi connectivity index (χ1n) is 6.33. The number of nitrogens with zero attached hydrogens (tertiary/aromatic N) is 2. The summed E-state index contributed by atoms with van der Waals surface area (Å²) in [7, 11) is 1.82. The van der Waals surface area contributed by atoms with Crippen LogP contribution in [0.2, 0.25) is 0 Å². The highest BCUT2D eigenvalue weighted by Gasteiger charge is 2.18. The van der Waals surface area contributed by atoms with Gasteiger partial charge in [0.25, 0.3) is 0 Å². The maximum absolute atomic E-state index is 12.1. The zero-order valence-corrected chi connectivity index (χ0v) is 12.1. The minimum absolute atomic E-state index is 0.329. The Morgan fingerprint density at radius 3 is 2.80 bits per heavy atom. The summed E-state index contributed by atoms with van der Waals surface area (Å²) in [6.45, 7) is 1.85. The van der Waals surface area contributed by atoms with Gasteiger partial charge in [0.05, 0.1) is 10.2 Å². The van der Waals surface area contributed by atoms with E-state index in [-0.39, 0.29) is 12.1 Å². The van der Waals surface area contributed by atoms with Crippen LogP contribution in [0.3, 0.4) is 0 Å². The number of benzene rings is 1. The number of fused-ring (bicyclic) bond motifs is 1. The zero-order valence-electron chi connectivity index (χ0n) is 11.2. The van der Waals surface area contributed by atoms with E-state index in [0.29, 0.717) is 5.69 Å². The molecule has 1 aromatic carbocycles. The molecule has 0 amide bonds. The molecular formula is C15H14N2O2S. The summed E-state index contributed by atoms with van der Waals surface area (Å²) in [5.41, 5.74) is 1.48. The lowest BCUT2D eigenvalue weighted by Crippen LogP contribution is -2.12. The van der Waals surface area contributed by atoms with E-state index in [2.05, 4.69) is 4.98 Å². The first kappa shape index (κ1) is 12.9. The van der Waals surface area contributed by atoms with E-state index in [1.54, 1.807) is 22.0 Å². The van der Waals surface area contributed by atoms with E-state index < -0.39 is 0 Å². The van der Waals surface area contributed by atoms with Crippen LogP contribution in [-0.2, 0) is 11.8 Å². The average Bonchev–Trinajstić information content (AvgIpc) is 3.04. The van der Waals surface area contributed by atoms with Crippen LogP contribution < -0.4 is 0 Å². The van der Waals surface area contributed by atoms with E-state index >= 15 is 0 Å². The fourth-order valence-corrected chi connectivity index (χ4v) is 2.96. The summed E-state index contributed by atoms with van der Waals surface area (Å²) in [6.07, 6.45) is 1.47. The normalized spacial score (nSPS) is 12.5. The molecule has 2 aromatic heterocycles. The third kappa shape index (κ3) is 2.32. The summed E-state index contributed by atoms with van der Waals surface area (Å²) >= 11 is 1.55. The smallest absolute Gasteiger partial charge is 0.355 e. The van der Waals surface area contributed by atoms with Crippen molar-refractivity contribution >= 4 is 27.5 Å². The summed E-state index contributed by atoms with van der Waals surface area (Å²) in [4.78, 5) is 16.6. The lowest BCUT2D eigenvalue weighted by molar-refractivity contribution is 0.0326. The van der Waals surface area contributed by atoms with Crippen LogP contribution in [0.1, 0.15) is 28.5 Å². The van der Waals surface area contributed by atoms with Crippen molar-refractivity contribution in [2.24, 2.45) is 7.05 Å². The Morgan fingerprint density at radius 2 is 2.10 bits per heavy atom. The van der Waals surface area contributed by atoms with Crippen LogP contribution in [0.15, 0.2) is 42.6 Å². The second-order valence-electron chi connectivity index (χ2n) is 4.57. The summed E-state index contributed by atoms with van der Waals surface area (Å²) < 4.78 is 8.32. The Bertz CT molecular complexity index is 727. The van der Waals surface area contributed by atoms with Crippen LogP contribution >= 0.6 is 11.3 Å². The van der Waals surface area contributed by atoms with Crippen molar-refractivity contribution in [2.45, 2.75) is 13.0 Å².